The highest BCUT2D eigenvalue weighted by atomic mass is 32.2. The second-order valence-corrected chi connectivity index (χ2v) is 8.14. The number of rotatable bonds is 8. The van der Waals surface area contributed by atoms with E-state index in [1.54, 1.807) is 54.6 Å². The van der Waals surface area contributed by atoms with Crippen LogP contribution in [0.15, 0.2) is 83.8 Å². The summed E-state index contributed by atoms with van der Waals surface area (Å²) < 4.78 is 37.9. The zero-order chi connectivity index (χ0) is 22.4. The molecule has 0 aliphatic carbocycles. The van der Waals surface area contributed by atoms with Crippen LogP contribution in [-0.2, 0) is 19.6 Å². The summed E-state index contributed by atoms with van der Waals surface area (Å²) in [5.41, 5.74) is 6.22. The van der Waals surface area contributed by atoms with Crippen molar-refractivity contribution in [1.82, 2.24) is 0 Å². The molecule has 9 heteroatoms. The number of methoxy groups -OCH3 is 1. The highest BCUT2D eigenvalue weighted by Gasteiger charge is 2.23. The normalized spacial score (nSPS) is 11.9. The molecule has 3 rings (SSSR count). The number of sulfonamides is 1. The van der Waals surface area contributed by atoms with Crippen molar-refractivity contribution < 1.29 is 27.5 Å². The lowest BCUT2D eigenvalue weighted by molar-refractivity contribution is -0.127. The van der Waals surface area contributed by atoms with Crippen molar-refractivity contribution in [2.75, 3.05) is 11.8 Å². The van der Waals surface area contributed by atoms with Crippen LogP contribution in [0.2, 0.25) is 0 Å². The van der Waals surface area contributed by atoms with Gasteiger partial charge in [-0.15, -0.1) is 0 Å². The zero-order valence-corrected chi connectivity index (χ0v) is 17.3. The third-order valence-corrected chi connectivity index (χ3v) is 5.73. The number of primary amides is 1. The minimum atomic E-state index is -3.87. The van der Waals surface area contributed by atoms with E-state index in [0.29, 0.717) is 17.0 Å². The van der Waals surface area contributed by atoms with Gasteiger partial charge in [0, 0.05) is 11.3 Å². The molecule has 0 aliphatic rings. The molecule has 0 saturated carbocycles. The van der Waals surface area contributed by atoms with Crippen molar-refractivity contribution in [3.63, 3.8) is 0 Å². The maximum Gasteiger partial charge on any atom is 0.339 e. The van der Waals surface area contributed by atoms with E-state index in [1.807, 2.05) is 0 Å². The van der Waals surface area contributed by atoms with Crippen LogP contribution < -0.4 is 15.2 Å². The number of nitrogens with one attached hydrogen (secondary N) is 1. The van der Waals surface area contributed by atoms with Crippen molar-refractivity contribution in [3.8, 4) is 5.75 Å². The summed E-state index contributed by atoms with van der Waals surface area (Å²) in [7, 11) is -2.36. The van der Waals surface area contributed by atoms with Crippen LogP contribution in [0.1, 0.15) is 22.0 Å². The first-order valence-corrected chi connectivity index (χ1v) is 10.6. The fraction of sp³-hybridized carbons (Fsp3) is 0.0909. The summed E-state index contributed by atoms with van der Waals surface area (Å²) in [4.78, 5) is 24.1. The quantitative estimate of drug-likeness (QED) is 0.519. The largest absolute Gasteiger partial charge is 0.497 e. The van der Waals surface area contributed by atoms with Crippen LogP contribution in [-0.4, -0.2) is 27.4 Å². The standard InChI is InChI=1S/C22H20N2O6S/c1-29-18-11-9-17(10-12-18)24-31(27,28)19-13-7-16(8-14-19)22(26)30-20(21(23)25)15-5-3-2-4-6-15/h2-14,20,24H,1H3,(H2,23,25). The highest BCUT2D eigenvalue weighted by Crippen LogP contribution is 2.22. The van der Waals surface area contributed by atoms with Gasteiger partial charge in [-0.1, -0.05) is 30.3 Å². The number of nitrogens with two attached hydrogens (primary N) is 1. The molecule has 31 heavy (non-hydrogen) atoms. The van der Waals surface area contributed by atoms with E-state index in [0.717, 1.165) is 0 Å². The fourth-order valence-electron chi connectivity index (χ4n) is 2.74. The zero-order valence-electron chi connectivity index (χ0n) is 16.5. The lowest BCUT2D eigenvalue weighted by atomic mass is 10.1. The number of carbonyl (C=O) groups is 2. The fourth-order valence-corrected chi connectivity index (χ4v) is 3.80. The van der Waals surface area contributed by atoms with E-state index in [2.05, 4.69) is 4.72 Å². The predicted octanol–water partition coefficient (Wildman–Crippen LogP) is 2.88. The summed E-state index contributed by atoms with van der Waals surface area (Å²) in [6, 6.07) is 19.9. The van der Waals surface area contributed by atoms with Gasteiger partial charge in [0.1, 0.15) is 5.75 Å². The average molecular weight is 440 g/mol. The SMILES string of the molecule is COc1ccc(NS(=O)(=O)c2ccc(C(=O)OC(C(N)=O)c3ccccc3)cc2)cc1. The monoisotopic (exact) mass is 440 g/mol. The van der Waals surface area contributed by atoms with Crippen LogP contribution in [0.5, 0.6) is 5.75 Å². The van der Waals surface area contributed by atoms with Crippen molar-refractivity contribution in [1.29, 1.82) is 0 Å². The summed E-state index contributed by atoms with van der Waals surface area (Å²) in [5.74, 6) is -1.03. The first-order chi connectivity index (χ1) is 14.8. The Morgan fingerprint density at radius 1 is 0.903 bits per heavy atom. The first kappa shape index (κ1) is 21.8. The number of benzene rings is 3. The Morgan fingerprint density at radius 2 is 1.52 bits per heavy atom. The van der Waals surface area contributed by atoms with Crippen LogP contribution in [0.25, 0.3) is 0 Å². The second-order valence-electron chi connectivity index (χ2n) is 6.46. The minimum Gasteiger partial charge on any atom is -0.497 e. The van der Waals surface area contributed by atoms with E-state index in [-0.39, 0.29) is 10.5 Å². The predicted molar refractivity (Wildman–Crippen MR) is 114 cm³/mol. The molecule has 1 atom stereocenters. The molecule has 0 saturated heterocycles. The average Bonchev–Trinajstić information content (AvgIpc) is 2.78. The van der Waals surface area contributed by atoms with Crippen molar-refractivity contribution in [2.45, 2.75) is 11.0 Å². The van der Waals surface area contributed by atoms with E-state index in [4.69, 9.17) is 15.2 Å². The number of ether oxygens (including phenoxy) is 2. The Morgan fingerprint density at radius 3 is 2.06 bits per heavy atom. The summed E-state index contributed by atoms with van der Waals surface area (Å²) in [6.45, 7) is 0. The molecule has 3 N–H and O–H groups in total. The maximum atomic E-state index is 12.6. The van der Waals surface area contributed by atoms with Gasteiger partial charge in [-0.25, -0.2) is 13.2 Å². The Hall–Kier alpha value is -3.85. The van der Waals surface area contributed by atoms with Crippen molar-refractivity contribution in [2.24, 2.45) is 5.73 Å². The van der Waals surface area contributed by atoms with Gasteiger partial charge in [-0.2, -0.15) is 0 Å². The molecule has 0 radical (unpaired) electrons. The van der Waals surface area contributed by atoms with E-state index in [1.165, 1.54) is 31.4 Å². The number of hydrogen-bond donors (Lipinski definition) is 2. The van der Waals surface area contributed by atoms with Gasteiger partial charge in [0.2, 0.25) is 6.10 Å². The molecule has 0 aliphatic heterocycles. The lowest BCUT2D eigenvalue weighted by Crippen LogP contribution is -2.26. The first-order valence-electron chi connectivity index (χ1n) is 9.12. The van der Waals surface area contributed by atoms with Gasteiger partial charge in [-0.3, -0.25) is 9.52 Å². The Kier molecular flexibility index (Phi) is 6.56. The molecule has 0 bridgehead atoms. The van der Waals surface area contributed by atoms with Gasteiger partial charge >= 0.3 is 5.97 Å². The molecular weight excluding hydrogens is 420 g/mol. The van der Waals surface area contributed by atoms with Crippen molar-refractivity contribution in [3.05, 3.63) is 90.0 Å². The number of esters is 1. The molecule has 160 valence electrons. The third kappa shape index (κ3) is 5.40. The molecule has 0 spiro atoms. The van der Waals surface area contributed by atoms with E-state index in [9.17, 15) is 18.0 Å². The molecule has 3 aromatic rings. The Bertz CT molecular complexity index is 1160. The summed E-state index contributed by atoms with van der Waals surface area (Å²) in [6.07, 6.45) is -1.26. The van der Waals surface area contributed by atoms with E-state index < -0.39 is 28.0 Å². The number of anilines is 1. The molecule has 0 aromatic heterocycles. The van der Waals surface area contributed by atoms with Crippen molar-refractivity contribution >= 4 is 27.6 Å². The highest BCUT2D eigenvalue weighted by molar-refractivity contribution is 7.92. The Labute approximate surface area is 179 Å². The topological polar surface area (TPSA) is 125 Å². The summed E-state index contributed by atoms with van der Waals surface area (Å²) in [5, 5.41) is 0. The minimum absolute atomic E-state index is 0.0469. The maximum absolute atomic E-state index is 12.6. The van der Waals surface area contributed by atoms with Gasteiger partial charge in [-0.05, 0) is 48.5 Å². The van der Waals surface area contributed by atoms with Gasteiger partial charge in [0.15, 0.2) is 0 Å². The van der Waals surface area contributed by atoms with Crippen LogP contribution in [0, 0.1) is 0 Å². The number of amides is 1. The van der Waals surface area contributed by atoms with Crippen LogP contribution in [0.4, 0.5) is 5.69 Å². The molecule has 1 unspecified atom stereocenters. The van der Waals surface area contributed by atoms with Gasteiger partial charge in [0.05, 0.1) is 17.6 Å². The lowest BCUT2D eigenvalue weighted by Gasteiger charge is -2.15. The molecule has 3 aromatic carbocycles. The molecule has 8 nitrogen and oxygen atoms in total. The number of carbonyl (C=O) groups excluding carboxylic acids is 2. The van der Waals surface area contributed by atoms with Gasteiger partial charge < -0.3 is 15.2 Å². The molecular formula is C22H20N2O6S. The Balaban J connectivity index is 1.73. The molecule has 0 heterocycles. The smallest absolute Gasteiger partial charge is 0.339 e. The van der Waals surface area contributed by atoms with E-state index >= 15 is 0 Å². The van der Waals surface area contributed by atoms with Gasteiger partial charge in [0.25, 0.3) is 15.9 Å². The summed E-state index contributed by atoms with van der Waals surface area (Å²) >= 11 is 0. The number of hydrogen-bond acceptors (Lipinski definition) is 6. The van der Waals surface area contributed by atoms with Crippen LogP contribution in [0.3, 0.4) is 0 Å². The third-order valence-electron chi connectivity index (χ3n) is 4.33. The van der Waals surface area contributed by atoms with Crippen LogP contribution >= 0.6 is 0 Å². The molecule has 1 amide bonds. The second kappa shape index (κ2) is 9.31. The molecule has 0 fully saturated rings.